The third kappa shape index (κ3) is 8.53. The van der Waals surface area contributed by atoms with Gasteiger partial charge in [0, 0.05) is 5.92 Å². The lowest BCUT2D eigenvalue weighted by Crippen LogP contribution is -2.41. The summed E-state index contributed by atoms with van der Waals surface area (Å²) in [5.74, 6) is -3.85. The first-order valence-electron chi connectivity index (χ1n) is 14.4. The van der Waals surface area contributed by atoms with E-state index in [0.29, 0.717) is 18.4 Å². The minimum absolute atomic E-state index is 0.00160. The molecule has 224 valence electrons. The van der Waals surface area contributed by atoms with Crippen LogP contribution in [0.25, 0.3) is 0 Å². The Morgan fingerprint density at radius 2 is 1.45 bits per heavy atom. The van der Waals surface area contributed by atoms with Crippen molar-refractivity contribution in [2.24, 2.45) is 28.4 Å². The minimum atomic E-state index is -1.33. The summed E-state index contributed by atoms with van der Waals surface area (Å²) in [6.07, 6.45) is 5.73. The number of esters is 3. The Kier molecular flexibility index (Phi) is 11.7. The van der Waals surface area contributed by atoms with Crippen molar-refractivity contribution in [3.8, 4) is 11.5 Å². The van der Waals surface area contributed by atoms with Gasteiger partial charge in [-0.3, -0.25) is 19.2 Å². The van der Waals surface area contributed by atoms with Crippen molar-refractivity contribution < 1.29 is 38.5 Å². The van der Waals surface area contributed by atoms with Crippen molar-refractivity contribution in [1.82, 2.24) is 0 Å². The van der Waals surface area contributed by atoms with E-state index < -0.39 is 46.6 Å². The normalized spacial score (nSPS) is 16.9. The Labute approximate surface area is 238 Å². The van der Waals surface area contributed by atoms with Crippen molar-refractivity contribution in [2.45, 2.75) is 105 Å². The number of carboxylic acids is 1. The van der Waals surface area contributed by atoms with Gasteiger partial charge in [-0.15, -0.1) is 0 Å². The average Bonchev–Trinajstić information content (AvgIpc) is 2.93. The first-order valence-corrected chi connectivity index (χ1v) is 14.4. The fourth-order valence-electron chi connectivity index (χ4n) is 4.48. The van der Waals surface area contributed by atoms with E-state index in [0.717, 1.165) is 32.1 Å². The lowest BCUT2D eigenvalue weighted by molar-refractivity contribution is -0.151. The van der Waals surface area contributed by atoms with E-state index in [4.69, 9.17) is 19.9 Å². The summed E-state index contributed by atoms with van der Waals surface area (Å²) in [6.45, 7) is 12.5. The number of hydrogen-bond acceptors (Lipinski definition) is 8. The molecule has 40 heavy (non-hydrogen) atoms. The highest BCUT2D eigenvalue weighted by Gasteiger charge is 2.35. The minimum Gasteiger partial charge on any atom is -0.480 e. The Morgan fingerprint density at radius 3 is 1.95 bits per heavy atom. The SMILES string of the molecule is CCC(C)(C)C(=O)Oc1ccc(C(C(C)COC(=O)C2CCCCC2)[C@H](N)C(=O)O)cc1OC(=O)C(C)(C)CC. The van der Waals surface area contributed by atoms with Crippen LogP contribution in [0.1, 0.15) is 105 Å². The van der Waals surface area contributed by atoms with E-state index in [1.165, 1.54) is 12.1 Å². The van der Waals surface area contributed by atoms with E-state index in [9.17, 15) is 24.3 Å². The topological polar surface area (TPSA) is 142 Å². The summed E-state index contributed by atoms with van der Waals surface area (Å²) in [4.78, 5) is 50.5. The number of rotatable bonds is 13. The molecule has 3 N–H and O–H groups in total. The van der Waals surface area contributed by atoms with Crippen LogP contribution in [0.4, 0.5) is 0 Å². The predicted molar refractivity (Wildman–Crippen MR) is 151 cm³/mol. The molecule has 3 atom stereocenters. The Balaban J connectivity index is 2.43. The lowest BCUT2D eigenvalue weighted by Gasteiger charge is -2.29. The molecule has 2 unspecified atom stereocenters. The molecule has 0 aliphatic heterocycles. The molecular formula is C31H47NO8. The van der Waals surface area contributed by atoms with Crippen LogP contribution < -0.4 is 15.2 Å². The van der Waals surface area contributed by atoms with Crippen molar-refractivity contribution in [3.63, 3.8) is 0 Å². The van der Waals surface area contributed by atoms with Gasteiger partial charge in [0.2, 0.25) is 0 Å². The van der Waals surface area contributed by atoms with Gasteiger partial charge in [0.15, 0.2) is 11.5 Å². The van der Waals surface area contributed by atoms with Crippen molar-refractivity contribution in [1.29, 1.82) is 0 Å². The molecule has 1 aliphatic rings. The molecule has 0 bridgehead atoms. The highest BCUT2D eigenvalue weighted by atomic mass is 16.6. The molecule has 2 rings (SSSR count). The molecule has 1 saturated carbocycles. The number of nitrogens with two attached hydrogens (primary N) is 1. The van der Waals surface area contributed by atoms with Gasteiger partial charge in [0.25, 0.3) is 0 Å². The van der Waals surface area contributed by atoms with Gasteiger partial charge in [-0.2, -0.15) is 0 Å². The number of carbonyl (C=O) groups is 4. The largest absolute Gasteiger partial charge is 0.480 e. The highest BCUT2D eigenvalue weighted by molar-refractivity contribution is 5.82. The molecule has 0 radical (unpaired) electrons. The number of hydrogen-bond donors (Lipinski definition) is 2. The van der Waals surface area contributed by atoms with Gasteiger partial charge in [-0.05, 0) is 77.0 Å². The fraction of sp³-hybridized carbons (Fsp3) is 0.677. The van der Waals surface area contributed by atoms with E-state index in [2.05, 4.69) is 0 Å². The lowest BCUT2D eigenvalue weighted by atomic mass is 9.81. The maximum absolute atomic E-state index is 13.0. The molecule has 9 nitrogen and oxygen atoms in total. The molecule has 0 spiro atoms. The van der Waals surface area contributed by atoms with E-state index >= 15 is 0 Å². The molecule has 0 aromatic heterocycles. The van der Waals surface area contributed by atoms with Crippen LogP contribution in [0, 0.1) is 22.7 Å². The van der Waals surface area contributed by atoms with Crippen molar-refractivity contribution in [3.05, 3.63) is 23.8 Å². The Bertz CT molecular complexity index is 1060. The molecule has 9 heteroatoms. The average molecular weight is 562 g/mol. The van der Waals surface area contributed by atoms with Gasteiger partial charge in [-0.1, -0.05) is 46.1 Å². The first-order chi connectivity index (χ1) is 18.6. The van der Waals surface area contributed by atoms with Gasteiger partial charge >= 0.3 is 23.9 Å². The predicted octanol–water partition coefficient (Wildman–Crippen LogP) is 5.62. The van der Waals surface area contributed by atoms with Crippen molar-refractivity contribution in [2.75, 3.05) is 6.61 Å². The summed E-state index contributed by atoms with van der Waals surface area (Å²) in [5.41, 5.74) is 5.03. The fourth-order valence-corrected chi connectivity index (χ4v) is 4.48. The molecule has 1 fully saturated rings. The molecular weight excluding hydrogens is 514 g/mol. The number of aliphatic carboxylic acids is 1. The zero-order chi connectivity index (χ0) is 30.3. The van der Waals surface area contributed by atoms with Crippen molar-refractivity contribution >= 4 is 23.9 Å². The standard InChI is InChI=1S/C31H47NO8/c1-8-30(4,5)28(36)39-22-16-15-21(17-23(22)40-29(37)31(6,7)9-2)24(25(32)26(33)34)19(3)18-38-27(35)20-13-11-10-12-14-20/h15-17,19-20,24-25H,8-14,18,32H2,1-7H3,(H,33,34)/t19?,24?,25-/m0/s1. The van der Waals surface area contributed by atoms with E-state index in [1.54, 1.807) is 40.7 Å². The molecule has 0 saturated heterocycles. The summed E-state index contributed by atoms with van der Waals surface area (Å²) in [5, 5.41) is 9.80. The van der Waals surface area contributed by atoms with E-state index in [1.807, 2.05) is 13.8 Å². The molecule has 1 aliphatic carbocycles. The van der Waals surface area contributed by atoms with Crippen LogP contribution in [0.15, 0.2) is 18.2 Å². The maximum Gasteiger partial charge on any atom is 0.321 e. The van der Waals surface area contributed by atoms with Crippen LogP contribution in [0.2, 0.25) is 0 Å². The van der Waals surface area contributed by atoms with Gasteiger partial charge in [-0.25, -0.2) is 0 Å². The first kappa shape index (κ1) is 33.3. The number of ether oxygens (including phenoxy) is 3. The quantitative estimate of drug-likeness (QED) is 0.231. The van der Waals surface area contributed by atoms with Crippen LogP contribution in [0.3, 0.4) is 0 Å². The summed E-state index contributed by atoms with van der Waals surface area (Å²) in [7, 11) is 0. The number of carbonyl (C=O) groups excluding carboxylic acids is 3. The Morgan fingerprint density at radius 1 is 0.925 bits per heavy atom. The summed E-state index contributed by atoms with van der Waals surface area (Å²) < 4.78 is 17.0. The highest BCUT2D eigenvalue weighted by Crippen LogP contribution is 2.38. The number of carboxylic acid groups (broad SMARTS) is 1. The van der Waals surface area contributed by atoms with Gasteiger partial charge in [0.1, 0.15) is 6.04 Å². The summed E-state index contributed by atoms with van der Waals surface area (Å²) in [6, 6.07) is 3.27. The van der Waals surface area contributed by atoms with E-state index in [-0.39, 0.29) is 30.0 Å². The third-order valence-electron chi connectivity index (χ3n) is 8.34. The molecule has 1 aromatic rings. The number of benzene rings is 1. The van der Waals surface area contributed by atoms with Crippen LogP contribution in [-0.4, -0.2) is 41.6 Å². The smallest absolute Gasteiger partial charge is 0.321 e. The van der Waals surface area contributed by atoms with Crippen LogP contribution >= 0.6 is 0 Å². The zero-order valence-corrected chi connectivity index (χ0v) is 25.1. The second-order valence-electron chi connectivity index (χ2n) is 12.3. The van der Waals surface area contributed by atoms with Gasteiger partial charge < -0.3 is 25.1 Å². The molecule has 0 heterocycles. The van der Waals surface area contributed by atoms with Crippen LogP contribution in [0.5, 0.6) is 11.5 Å². The Hall–Kier alpha value is -2.94. The van der Waals surface area contributed by atoms with Gasteiger partial charge in [0.05, 0.1) is 23.4 Å². The molecule has 0 amide bonds. The second kappa shape index (κ2) is 14.1. The summed E-state index contributed by atoms with van der Waals surface area (Å²) >= 11 is 0. The molecule has 1 aromatic carbocycles. The zero-order valence-electron chi connectivity index (χ0n) is 25.1. The second-order valence-corrected chi connectivity index (χ2v) is 12.3. The monoisotopic (exact) mass is 561 g/mol. The third-order valence-corrected chi connectivity index (χ3v) is 8.34. The van der Waals surface area contributed by atoms with Crippen LogP contribution in [-0.2, 0) is 23.9 Å². The maximum atomic E-state index is 13.0.